The van der Waals surface area contributed by atoms with E-state index in [9.17, 15) is 4.79 Å². The zero-order valence-electron chi connectivity index (χ0n) is 19.8. The molecule has 1 aliphatic rings. The number of ether oxygens (including phenoxy) is 1. The Morgan fingerprint density at radius 3 is 2.69 bits per heavy atom. The SMILES string of the molecule is Cc1ccc(C(=O)Nc2ccccc2)cc1-c1ccc2nc(NCCN3CCOCC3)ncc2c1. The number of para-hydroxylation sites is 1. The number of hydrogen-bond donors (Lipinski definition) is 2. The normalized spacial score (nSPS) is 14.1. The number of rotatable bonds is 7. The summed E-state index contributed by atoms with van der Waals surface area (Å²) in [5.74, 6) is 0.503. The molecule has 1 aliphatic heterocycles. The zero-order valence-corrected chi connectivity index (χ0v) is 19.8. The highest BCUT2D eigenvalue weighted by Gasteiger charge is 2.12. The summed E-state index contributed by atoms with van der Waals surface area (Å²) in [6, 6.07) is 21.4. The third-order valence-electron chi connectivity index (χ3n) is 6.24. The summed E-state index contributed by atoms with van der Waals surface area (Å²) in [4.78, 5) is 24.4. The first-order valence-corrected chi connectivity index (χ1v) is 11.9. The average Bonchev–Trinajstić information content (AvgIpc) is 2.90. The first kappa shape index (κ1) is 23.0. The lowest BCUT2D eigenvalue weighted by Gasteiger charge is -2.26. The van der Waals surface area contributed by atoms with Gasteiger partial charge in [0.15, 0.2) is 0 Å². The summed E-state index contributed by atoms with van der Waals surface area (Å²) >= 11 is 0. The van der Waals surface area contributed by atoms with Crippen LogP contribution in [0.5, 0.6) is 0 Å². The van der Waals surface area contributed by atoms with Crippen LogP contribution >= 0.6 is 0 Å². The molecular formula is C28H29N5O2. The van der Waals surface area contributed by atoms with Gasteiger partial charge in [0.05, 0.1) is 18.7 Å². The van der Waals surface area contributed by atoms with Crippen LogP contribution in [0, 0.1) is 6.92 Å². The smallest absolute Gasteiger partial charge is 0.255 e. The van der Waals surface area contributed by atoms with Crippen molar-refractivity contribution >= 4 is 28.4 Å². The quantitative estimate of drug-likeness (QED) is 0.414. The lowest BCUT2D eigenvalue weighted by Crippen LogP contribution is -2.39. The van der Waals surface area contributed by atoms with Gasteiger partial charge in [-0.1, -0.05) is 30.3 Å². The number of aryl methyl sites for hydroxylation is 1. The lowest BCUT2D eigenvalue weighted by atomic mass is 9.97. The molecule has 3 aromatic carbocycles. The number of hydrogen-bond acceptors (Lipinski definition) is 6. The Morgan fingerprint density at radius 2 is 1.86 bits per heavy atom. The summed E-state index contributed by atoms with van der Waals surface area (Å²) in [5.41, 5.74) is 5.42. The third kappa shape index (κ3) is 5.65. The molecule has 0 radical (unpaired) electrons. The number of nitrogens with zero attached hydrogens (tertiary/aromatic N) is 3. The average molecular weight is 468 g/mol. The first-order chi connectivity index (χ1) is 17.2. The van der Waals surface area contributed by atoms with Crippen LogP contribution in [-0.4, -0.2) is 60.2 Å². The second-order valence-electron chi connectivity index (χ2n) is 8.70. The molecule has 5 rings (SSSR count). The van der Waals surface area contributed by atoms with E-state index < -0.39 is 0 Å². The largest absolute Gasteiger partial charge is 0.379 e. The van der Waals surface area contributed by atoms with Crippen LogP contribution in [0.15, 0.2) is 72.9 Å². The van der Waals surface area contributed by atoms with E-state index in [0.29, 0.717) is 11.5 Å². The fourth-order valence-electron chi connectivity index (χ4n) is 4.24. The van der Waals surface area contributed by atoms with Crippen molar-refractivity contribution in [1.29, 1.82) is 0 Å². The Kier molecular flexibility index (Phi) is 6.97. The van der Waals surface area contributed by atoms with Gasteiger partial charge in [-0.25, -0.2) is 9.97 Å². The van der Waals surface area contributed by atoms with Crippen LogP contribution in [0.3, 0.4) is 0 Å². The Labute approximate surface area is 205 Å². The van der Waals surface area contributed by atoms with Crippen molar-refractivity contribution in [3.05, 3.63) is 84.1 Å². The molecule has 1 aromatic heterocycles. The number of anilines is 2. The number of carbonyl (C=O) groups excluding carboxylic acids is 1. The van der Waals surface area contributed by atoms with Gasteiger partial charge in [0, 0.05) is 49.0 Å². The number of carbonyl (C=O) groups is 1. The zero-order chi connectivity index (χ0) is 24.0. The Balaban J connectivity index is 1.30. The number of aromatic nitrogens is 2. The van der Waals surface area contributed by atoms with Crippen LogP contribution in [0.2, 0.25) is 0 Å². The Hall–Kier alpha value is -3.81. The molecule has 0 spiro atoms. The number of benzene rings is 3. The van der Waals surface area contributed by atoms with Gasteiger partial charge in [0.1, 0.15) is 0 Å². The van der Waals surface area contributed by atoms with Gasteiger partial charge in [-0.15, -0.1) is 0 Å². The van der Waals surface area contributed by atoms with E-state index in [4.69, 9.17) is 4.74 Å². The van der Waals surface area contributed by atoms with Crippen molar-refractivity contribution < 1.29 is 9.53 Å². The van der Waals surface area contributed by atoms with Crippen LogP contribution < -0.4 is 10.6 Å². The van der Waals surface area contributed by atoms with E-state index in [1.807, 2.05) is 66.9 Å². The van der Waals surface area contributed by atoms with E-state index in [0.717, 1.165) is 72.7 Å². The van der Waals surface area contributed by atoms with Crippen molar-refractivity contribution in [3.63, 3.8) is 0 Å². The van der Waals surface area contributed by atoms with Gasteiger partial charge in [-0.2, -0.15) is 0 Å². The van der Waals surface area contributed by atoms with Crippen LogP contribution in [0.25, 0.3) is 22.0 Å². The summed E-state index contributed by atoms with van der Waals surface area (Å²) in [5, 5.41) is 7.24. The van der Waals surface area contributed by atoms with Crippen molar-refractivity contribution in [1.82, 2.24) is 14.9 Å². The predicted molar refractivity (Wildman–Crippen MR) is 140 cm³/mol. The maximum Gasteiger partial charge on any atom is 0.255 e. The molecule has 2 heterocycles. The highest BCUT2D eigenvalue weighted by Crippen LogP contribution is 2.28. The molecule has 1 amide bonds. The van der Waals surface area contributed by atoms with Gasteiger partial charge in [0.25, 0.3) is 5.91 Å². The summed E-state index contributed by atoms with van der Waals surface area (Å²) in [7, 11) is 0. The molecule has 0 atom stereocenters. The number of morpholine rings is 1. The van der Waals surface area contributed by atoms with E-state index in [1.54, 1.807) is 0 Å². The van der Waals surface area contributed by atoms with Crippen molar-refractivity contribution in [2.45, 2.75) is 6.92 Å². The van der Waals surface area contributed by atoms with Gasteiger partial charge in [-0.05, 0) is 60.0 Å². The van der Waals surface area contributed by atoms with Crippen molar-refractivity contribution in [2.24, 2.45) is 0 Å². The molecule has 0 aliphatic carbocycles. The number of fused-ring (bicyclic) bond motifs is 1. The third-order valence-corrected chi connectivity index (χ3v) is 6.24. The molecule has 178 valence electrons. The van der Waals surface area contributed by atoms with E-state index in [-0.39, 0.29) is 5.91 Å². The topological polar surface area (TPSA) is 79.4 Å². The predicted octanol–water partition coefficient (Wildman–Crippen LogP) is 4.60. The van der Waals surface area contributed by atoms with E-state index in [2.05, 4.69) is 38.5 Å². The fourth-order valence-corrected chi connectivity index (χ4v) is 4.24. The van der Waals surface area contributed by atoms with Crippen LogP contribution in [-0.2, 0) is 4.74 Å². The maximum absolute atomic E-state index is 12.8. The summed E-state index contributed by atoms with van der Waals surface area (Å²) in [6.45, 7) is 7.33. The molecular weight excluding hydrogens is 438 g/mol. The molecule has 0 unspecified atom stereocenters. The fraction of sp³-hybridized carbons (Fsp3) is 0.250. The molecule has 0 saturated carbocycles. The standard InChI is InChI=1S/C28H29N5O2/c1-20-7-8-22(27(34)31-24-5-3-2-4-6-24)18-25(20)21-9-10-26-23(17-21)19-30-28(32-26)29-11-12-33-13-15-35-16-14-33/h2-10,17-19H,11-16H2,1H3,(H,31,34)(H,29,30,32). The molecule has 35 heavy (non-hydrogen) atoms. The van der Waals surface area contributed by atoms with Crippen molar-refractivity contribution in [2.75, 3.05) is 50.0 Å². The highest BCUT2D eigenvalue weighted by atomic mass is 16.5. The molecule has 7 heteroatoms. The van der Waals surface area contributed by atoms with Crippen LogP contribution in [0.1, 0.15) is 15.9 Å². The first-order valence-electron chi connectivity index (χ1n) is 11.9. The molecule has 1 fully saturated rings. The minimum absolute atomic E-state index is 0.130. The molecule has 4 aromatic rings. The summed E-state index contributed by atoms with van der Waals surface area (Å²) < 4.78 is 5.40. The number of nitrogens with one attached hydrogen (secondary N) is 2. The maximum atomic E-state index is 12.8. The monoisotopic (exact) mass is 467 g/mol. The van der Waals surface area contributed by atoms with E-state index in [1.165, 1.54) is 0 Å². The molecule has 0 bridgehead atoms. The minimum atomic E-state index is -0.130. The minimum Gasteiger partial charge on any atom is -0.379 e. The van der Waals surface area contributed by atoms with Gasteiger partial charge < -0.3 is 15.4 Å². The Bertz CT molecular complexity index is 1320. The lowest BCUT2D eigenvalue weighted by molar-refractivity contribution is 0.0398. The molecule has 2 N–H and O–H groups in total. The van der Waals surface area contributed by atoms with Crippen molar-refractivity contribution in [3.8, 4) is 11.1 Å². The molecule has 7 nitrogen and oxygen atoms in total. The van der Waals surface area contributed by atoms with E-state index >= 15 is 0 Å². The van der Waals surface area contributed by atoms with Crippen LogP contribution in [0.4, 0.5) is 11.6 Å². The summed E-state index contributed by atoms with van der Waals surface area (Å²) in [6.07, 6.45) is 1.85. The second kappa shape index (κ2) is 10.6. The Morgan fingerprint density at radius 1 is 1.03 bits per heavy atom. The highest BCUT2D eigenvalue weighted by molar-refractivity contribution is 6.05. The molecule has 1 saturated heterocycles. The van der Waals surface area contributed by atoms with Gasteiger partial charge >= 0.3 is 0 Å². The van der Waals surface area contributed by atoms with Gasteiger partial charge in [0.2, 0.25) is 5.95 Å². The number of amides is 1. The van der Waals surface area contributed by atoms with Gasteiger partial charge in [-0.3, -0.25) is 9.69 Å². The second-order valence-corrected chi connectivity index (χ2v) is 8.70.